The molecule has 2 heterocycles. The van der Waals surface area contributed by atoms with Crippen molar-refractivity contribution in [3.05, 3.63) is 11.8 Å². The predicted molar refractivity (Wildman–Crippen MR) is 67.6 cm³/mol. The van der Waals surface area contributed by atoms with Crippen molar-refractivity contribution in [1.29, 1.82) is 0 Å². The van der Waals surface area contributed by atoms with Crippen LogP contribution >= 0.6 is 15.9 Å². The van der Waals surface area contributed by atoms with Crippen molar-refractivity contribution in [2.45, 2.75) is 23.0 Å². The molecule has 2 bridgehead atoms. The molecule has 0 aromatic rings. The van der Waals surface area contributed by atoms with Crippen LogP contribution in [0, 0.1) is 5.92 Å². The molecule has 124 valence electrons. The van der Waals surface area contributed by atoms with Crippen LogP contribution < -0.4 is 0 Å². The van der Waals surface area contributed by atoms with Crippen LogP contribution in [0.1, 0.15) is 6.42 Å². The number of fused-ring (bicyclic) bond motifs is 2. The van der Waals surface area contributed by atoms with Gasteiger partial charge in [0.05, 0.1) is 18.4 Å². The van der Waals surface area contributed by atoms with Gasteiger partial charge in [-0.15, -0.1) is 0 Å². The number of halogens is 4. The van der Waals surface area contributed by atoms with Crippen LogP contribution in [0.4, 0.5) is 13.2 Å². The first kappa shape index (κ1) is 17.1. The molecule has 1 saturated heterocycles. The molecule has 2 aliphatic rings. The van der Waals surface area contributed by atoms with E-state index in [1.54, 1.807) is 0 Å². The minimum absolute atomic E-state index is 0.202. The predicted octanol–water partition coefficient (Wildman–Crippen LogP) is 0.861. The van der Waals surface area contributed by atoms with E-state index in [0.29, 0.717) is 0 Å². The van der Waals surface area contributed by atoms with Crippen LogP contribution in [-0.4, -0.2) is 48.3 Å². The van der Waals surface area contributed by atoms with Crippen molar-refractivity contribution in [3.63, 3.8) is 0 Å². The summed E-state index contributed by atoms with van der Waals surface area (Å²) in [6.45, 7) is 0. The standard InChI is InChI=1S/C10H9BrF3NO6S/c1-20-9(17)5-2-4-3-6(16)21-8(7(4)11)15(5)22(18,19)10(12,13)14/h2,4,7-8H,3H2,1H3. The molecule has 0 spiro atoms. The average Bonchev–Trinajstić information content (AvgIpc) is 2.37. The number of nitrogens with zero attached hydrogens (tertiary/aromatic N) is 1. The van der Waals surface area contributed by atoms with Gasteiger partial charge in [-0.05, 0) is 6.08 Å². The van der Waals surface area contributed by atoms with E-state index in [2.05, 4.69) is 20.7 Å². The maximum absolute atomic E-state index is 12.8. The summed E-state index contributed by atoms with van der Waals surface area (Å²) >= 11 is 3.01. The first-order chi connectivity index (χ1) is 10.0. The van der Waals surface area contributed by atoms with Crippen LogP contribution in [0.3, 0.4) is 0 Å². The van der Waals surface area contributed by atoms with E-state index in [0.717, 1.165) is 13.2 Å². The molecule has 0 amide bonds. The highest BCUT2D eigenvalue weighted by molar-refractivity contribution is 9.09. The summed E-state index contributed by atoms with van der Waals surface area (Å²) in [6, 6.07) is 0. The van der Waals surface area contributed by atoms with Crippen molar-refractivity contribution in [1.82, 2.24) is 4.31 Å². The minimum atomic E-state index is -5.95. The van der Waals surface area contributed by atoms with E-state index in [-0.39, 0.29) is 10.7 Å². The van der Waals surface area contributed by atoms with Gasteiger partial charge in [0.2, 0.25) is 6.23 Å². The fraction of sp³-hybridized carbons (Fsp3) is 0.600. The second kappa shape index (κ2) is 5.41. The molecule has 2 aliphatic heterocycles. The van der Waals surface area contributed by atoms with E-state index in [9.17, 15) is 31.2 Å². The zero-order valence-electron chi connectivity index (χ0n) is 10.8. The first-order valence-electron chi connectivity index (χ1n) is 5.75. The zero-order valence-corrected chi connectivity index (χ0v) is 13.2. The van der Waals surface area contributed by atoms with Gasteiger partial charge in [0.15, 0.2) is 0 Å². The molecule has 0 N–H and O–H groups in total. The Morgan fingerprint density at radius 3 is 2.59 bits per heavy atom. The summed E-state index contributed by atoms with van der Waals surface area (Å²) in [5.74, 6) is -2.84. The summed E-state index contributed by atoms with van der Waals surface area (Å²) in [4.78, 5) is 22.1. The lowest BCUT2D eigenvalue weighted by molar-refractivity contribution is -0.165. The molecule has 22 heavy (non-hydrogen) atoms. The van der Waals surface area contributed by atoms with Gasteiger partial charge in [-0.1, -0.05) is 15.9 Å². The van der Waals surface area contributed by atoms with Crippen molar-refractivity contribution in [2.75, 3.05) is 7.11 Å². The van der Waals surface area contributed by atoms with Crippen LogP contribution in [0.15, 0.2) is 11.8 Å². The number of carbonyl (C=O) groups is 2. The summed E-state index contributed by atoms with van der Waals surface area (Å²) < 4.78 is 70.8. The SMILES string of the molecule is COC(=O)C1=CC2CC(=O)OC(C2Br)N1S(=O)(=O)C(F)(F)F. The molecule has 12 heteroatoms. The molecular weight excluding hydrogens is 399 g/mol. The Kier molecular flexibility index (Phi) is 4.19. The zero-order chi connectivity index (χ0) is 16.9. The summed E-state index contributed by atoms with van der Waals surface area (Å²) in [6.07, 6.45) is -1.06. The Morgan fingerprint density at radius 2 is 2.09 bits per heavy atom. The van der Waals surface area contributed by atoms with E-state index in [1.807, 2.05) is 0 Å². The summed E-state index contributed by atoms with van der Waals surface area (Å²) in [5, 5.41) is 0. The van der Waals surface area contributed by atoms with Gasteiger partial charge in [-0.2, -0.15) is 21.6 Å². The fourth-order valence-electron chi connectivity index (χ4n) is 2.15. The lowest BCUT2D eigenvalue weighted by Crippen LogP contribution is -2.58. The number of methoxy groups -OCH3 is 1. The average molecular weight is 408 g/mol. The van der Waals surface area contributed by atoms with Crippen molar-refractivity contribution >= 4 is 37.9 Å². The molecular formula is C10H9BrF3NO6S. The summed E-state index contributed by atoms with van der Waals surface area (Å²) in [7, 11) is -5.06. The Labute approximate surface area is 131 Å². The minimum Gasteiger partial charge on any atom is -0.464 e. The second-order valence-electron chi connectivity index (χ2n) is 4.48. The number of rotatable bonds is 2. The smallest absolute Gasteiger partial charge is 0.464 e. The molecule has 3 unspecified atom stereocenters. The number of ether oxygens (including phenoxy) is 2. The molecule has 3 atom stereocenters. The van der Waals surface area contributed by atoms with E-state index in [1.165, 1.54) is 0 Å². The lowest BCUT2D eigenvalue weighted by Gasteiger charge is -2.43. The number of alkyl halides is 4. The van der Waals surface area contributed by atoms with Gasteiger partial charge >= 0.3 is 27.5 Å². The largest absolute Gasteiger partial charge is 0.516 e. The number of sulfonamides is 1. The Balaban J connectivity index is 2.63. The van der Waals surface area contributed by atoms with Crippen LogP contribution in [0.25, 0.3) is 0 Å². The molecule has 7 nitrogen and oxygen atoms in total. The van der Waals surface area contributed by atoms with Gasteiger partial charge < -0.3 is 9.47 Å². The molecule has 0 aromatic heterocycles. The first-order valence-corrected chi connectivity index (χ1v) is 8.10. The molecule has 0 saturated carbocycles. The quantitative estimate of drug-likeness (QED) is 0.498. The van der Waals surface area contributed by atoms with Gasteiger partial charge in [-0.3, -0.25) is 4.79 Å². The maximum Gasteiger partial charge on any atom is 0.516 e. The highest BCUT2D eigenvalue weighted by Crippen LogP contribution is 2.42. The molecule has 0 aliphatic carbocycles. The van der Waals surface area contributed by atoms with Gasteiger partial charge in [0, 0.05) is 5.92 Å². The molecule has 0 aromatic carbocycles. The molecule has 2 rings (SSSR count). The third-order valence-electron chi connectivity index (χ3n) is 3.12. The monoisotopic (exact) mass is 407 g/mol. The fourth-order valence-corrected chi connectivity index (χ4v) is 4.05. The van der Waals surface area contributed by atoms with Gasteiger partial charge in [-0.25, -0.2) is 9.10 Å². The lowest BCUT2D eigenvalue weighted by atomic mass is 9.93. The van der Waals surface area contributed by atoms with E-state index in [4.69, 9.17) is 4.74 Å². The van der Waals surface area contributed by atoms with Crippen LogP contribution in [-0.2, 0) is 29.1 Å². The molecule has 0 radical (unpaired) electrons. The number of hydrogen-bond acceptors (Lipinski definition) is 6. The topological polar surface area (TPSA) is 90.0 Å². The Hall–Kier alpha value is -1.30. The van der Waals surface area contributed by atoms with Crippen LogP contribution in [0.5, 0.6) is 0 Å². The van der Waals surface area contributed by atoms with Crippen molar-refractivity contribution < 1.29 is 40.7 Å². The summed E-state index contributed by atoms with van der Waals surface area (Å²) in [5.41, 5.74) is -6.51. The Bertz CT molecular complexity index is 646. The third-order valence-corrected chi connectivity index (χ3v) is 5.76. The van der Waals surface area contributed by atoms with Gasteiger partial charge in [0.25, 0.3) is 0 Å². The van der Waals surface area contributed by atoms with Crippen LogP contribution in [0.2, 0.25) is 0 Å². The number of esters is 2. The van der Waals surface area contributed by atoms with Gasteiger partial charge in [0.1, 0.15) is 5.70 Å². The van der Waals surface area contributed by atoms with Crippen molar-refractivity contribution in [2.24, 2.45) is 5.92 Å². The number of allylic oxidation sites excluding steroid dienone is 1. The maximum atomic E-state index is 12.8. The van der Waals surface area contributed by atoms with Crippen molar-refractivity contribution in [3.8, 4) is 0 Å². The second-order valence-corrected chi connectivity index (χ2v) is 7.35. The van der Waals surface area contributed by atoms with E-state index >= 15 is 0 Å². The molecule has 1 fully saturated rings. The normalized spacial score (nSPS) is 28.8. The highest BCUT2D eigenvalue weighted by atomic mass is 79.9. The van der Waals surface area contributed by atoms with E-state index < -0.39 is 50.1 Å². The third kappa shape index (κ3) is 2.57. The Morgan fingerprint density at radius 1 is 1.50 bits per heavy atom. The highest BCUT2D eigenvalue weighted by Gasteiger charge is 2.59. The number of carbonyl (C=O) groups excluding carboxylic acids is 2. The number of hydrogen-bond donors (Lipinski definition) is 0.